The van der Waals surface area contributed by atoms with E-state index in [9.17, 15) is 4.79 Å². The monoisotopic (exact) mass is 391 g/mol. The number of methoxy groups -OCH3 is 1. The number of aromatic nitrogens is 2. The van der Waals surface area contributed by atoms with Crippen LogP contribution in [0.2, 0.25) is 0 Å². The van der Waals surface area contributed by atoms with Crippen LogP contribution in [0, 0.1) is 0 Å². The number of carbonyl (C=O) groups is 1. The Morgan fingerprint density at radius 3 is 2.66 bits per heavy atom. The lowest BCUT2D eigenvalue weighted by molar-refractivity contribution is 0.0712. The van der Waals surface area contributed by atoms with Crippen molar-refractivity contribution in [2.75, 3.05) is 20.2 Å². The number of rotatable bonds is 5. The highest BCUT2D eigenvalue weighted by molar-refractivity contribution is 5.94. The Morgan fingerprint density at radius 2 is 1.97 bits per heavy atom. The molecule has 0 saturated carbocycles. The lowest BCUT2D eigenvalue weighted by Crippen LogP contribution is -2.38. The van der Waals surface area contributed by atoms with Gasteiger partial charge in [0, 0.05) is 35.8 Å². The summed E-state index contributed by atoms with van der Waals surface area (Å²) in [5, 5.41) is 16.6. The van der Waals surface area contributed by atoms with Gasteiger partial charge in [-0.25, -0.2) is 0 Å². The average Bonchev–Trinajstić information content (AvgIpc) is 3.29. The summed E-state index contributed by atoms with van der Waals surface area (Å²) in [5.41, 5.74) is 4.77. The average molecular weight is 391 g/mol. The molecule has 6 nitrogen and oxygen atoms in total. The molecule has 3 aromatic rings. The van der Waals surface area contributed by atoms with Gasteiger partial charge in [-0.1, -0.05) is 24.3 Å². The number of nitrogens with one attached hydrogen (secondary N) is 1. The third-order valence-corrected chi connectivity index (χ3v) is 5.62. The number of hydrogen-bond acceptors (Lipinski definition) is 4. The molecule has 1 aliphatic rings. The Kier molecular flexibility index (Phi) is 5.62. The second-order valence-corrected chi connectivity index (χ2v) is 7.35. The van der Waals surface area contributed by atoms with Crippen LogP contribution in [-0.4, -0.2) is 46.3 Å². The molecule has 0 spiro atoms. The molecule has 1 aromatic heterocycles. The molecule has 1 aliphatic heterocycles. The molecule has 0 bridgehead atoms. The zero-order valence-electron chi connectivity index (χ0n) is 16.5. The number of benzene rings is 2. The minimum absolute atomic E-state index is 0.0142. The van der Waals surface area contributed by atoms with Gasteiger partial charge in [-0.15, -0.1) is 0 Å². The maximum absolute atomic E-state index is 12.8. The van der Waals surface area contributed by atoms with E-state index in [1.54, 1.807) is 31.4 Å². The van der Waals surface area contributed by atoms with E-state index in [4.69, 9.17) is 9.84 Å². The Hall–Kier alpha value is -3.12. The van der Waals surface area contributed by atoms with Gasteiger partial charge in [-0.05, 0) is 48.2 Å². The minimum Gasteiger partial charge on any atom is -0.497 e. The molecule has 1 fully saturated rings. The van der Waals surface area contributed by atoms with Crippen LogP contribution in [-0.2, 0) is 6.61 Å². The lowest BCUT2D eigenvalue weighted by Gasteiger charge is -2.32. The van der Waals surface area contributed by atoms with Crippen LogP contribution in [0.15, 0.2) is 54.7 Å². The number of hydrogen-bond donors (Lipinski definition) is 2. The summed E-state index contributed by atoms with van der Waals surface area (Å²) in [6, 6.07) is 15.2. The van der Waals surface area contributed by atoms with Gasteiger partial charge in [0.2, 0.25) is 0 Å². The van der Waals surface area contributed by atoms with E-state index in [0.717, 1.165) is 41.0 Å². The first-order valence-corrected chi connectivity index (χ1v) is 9.86. The van der Waals surface area contributed by atoms with Crippen molar-refractivity contribution in [2.45, 2.75) is 25.4 Å². The number of amides is 1. The summed E-state index contributed by atoms with van der Waals surface area (Å²) < 4.78 is 5.35. The largest absolute Gasteiger partial charge is 0.497 e. The van der Waals surface area contributed by atoms with E-state index < -0.39 is 0 Å². The standard InChI is InChI=1S/C23H25N3O3/c1-29-20-4-2-3-19(13-20)21-14-24-25-22(21)17-9-11-26(12-10-17)23(28)18-7-5-16(15-27)6-8-18/h2-8,13-14,17,27H,9-12,15H2,1H3,(H,24,25). The molecule has 4 rings (SSSR count). The van der Waals surface area contributed by atoms with Crippen molar-refractivity contribution in [3.05, 3.63) is 71.5 Å². The Morgan fingerprint density at radius 1 is 1.21 bits per heavy atom. The van der Waals surface area contributed by atoms with Crippen molar-refractivity contribution in [3.8, 4) is 16.9 Å². The first kappa shape index (κ1) is 19.2. The quantitative estimate of drug-likeness (QED) is 0.697. The van der Waals surface area contributed by atoms with Gasteiger partial charge in [-0.2, -0.15) is 5.10 Å². The molecule has 150 valence electrons. The van der Waals surface area contributed by atoms with Crippen LogP contribution >= 0.6 is 0 Å². The van der Waals surface area contributed by atoms with Crippen molar-refractivity contribution >= 4 is 5.91 Å². The van der Waals surface area contributed by atoms with E-state index >= 15 is 0 Å². The van der Waals surface area contributed by atoms with Gasteiger partial charge < -0.3 is 14.7 Å². The summed E-state index contributed by atoms with van der Waals surface area (Å²) in [4.78, 5) is 14.7. The molecule has 2 aromatic carbocycles. The molecule has 0 unspecified atom stereocenters. The first-order valence-electron chi connectivity index (χ1n) is 9.86. The van der Waals surface area contributed by atoms with E-state index in [0.29, 0.717) is 24.6 Å². The predicted octanol–water partition coefficient (Wildman–Crippen LogP) is 3.60. The summed E-state index contributed by atoms with van der Waals surface area (Å²) in [6.45, 7) is 1.41. The van der Waals surface area contributed by atoms with Crippen molar-refractivity contribution in [1.82, 2.24) is 15.1 Å². The summed E-state index contributed by atoms with van der Waals surface area (Å²) in [5.74, 6) is 1.20. The fraction of sp³-hybridized carbons (Fsp3) is 0.304. The molecule has 0 atom stereocenters. The number of aliphatic hydroxyl groups excluding tert-OH is 1. The molecule has 0 aliphatic carbocycles. The minimum atomic E-state index is -0.0142. The number of aliphatic hydroxyl groups is 1. The highest BCUT2D eigenvalue weighted by Crippen LogP contribution is 2.35. The van der Waals surface area contributed by atoms with Crippen molar-refractivity contribution < 1.29 is 14.6 Å². The van der Waals surface area contributed by atoms with Crippen molar-refractivity contribution in [1.29, 1.82) is 0 Å². The molecule has 1 saturated heterocycles. The van der Waals surface area contributed by atoms with Crippen LogP contribution in [0.25, 0.3) is 11.1 Å². The summed E-state index contributed by atoms with van der Waals surface area (Å²) in [6.07, 6.45) is 3.64. The number of likely N-dealkylation sites (tertiary alicyclic amines) is 1. The third-order valence-electron chi connectivity index (χ3n) is 5.62. The zero-order valence-corrected chi connectivity index (χ0v) is 16.5. The second kappa shape index (κ2) is 8.49. The first-order chi connectivity index (χ1) is 14.2. The van der Waals surface area contributed by atoms with Crippen molar-refractivity contribution in [3.63, 3.8) is 0 Å². The SMILES string of the molecule is COc1cccc(-c2cn[nH]c2C2CCN(C(=O)c3ccc(CO)cc3)CC2)c1. The van der Waals surface area contributed by atoms with Gasteiger partial charge in [-0.3, -0.25) is 9.89 Å². The van der Waals surface area contributed by atoms with E-state index in [2.05, 4.69) is 16.3 Å². The summed E-state index contributed by atoms with van der Waals surface area (Å²) in [7, 11) is 1.67. The van der Waals surface area contributed by atoms with Gasteiger partial charge in [0.1, 0.15) is 5.75 Å². The topological polar surface area (TPSA) is 78.5 Å². The number of ether oxygens (including phenoxy) is 1. The summed E-state index contributed by atoms with van der Waals surface area (Å²) >= 11 is 0. The third kappa shape index (κ3) is 4.03. The second-order valence-electron chi connectivity index (χ2n) is 7.35. The Labute approximate surface area is 170 Å². The number of piperidine rings is 1. The number of carbonyl (C=O) groups excluding carboxylic acids is 1. The van der Waals surface area contributed by atoms with Crippen molar-refractivity contribution in [2.24, 2.45) is 0 Å². The lowest BCUT2D eigenvalue weighted by atomic mass is 9.89. The molecular formula is C23H25N3O3. The normalized spacial score (nSPS) is 14.8. The Bertz CT molecular complexity index is 973. The molecule has 2 heterocycles. The van der Waals surface area contributed by atoms with Gasteiger partial charge in [0.05, 0.1) is 19.9 Å². The highest BCUT2D eigenvalue weighted by atomic mass is 16.5. The molecule has 0 radical (unpaired) electrons. The van der Waals surface area contributed by atoms with E-state index in [-0.39, 0.29) is 12.5 Å². The van der Waals surface area contributed by atoms with Gasteiger partial charge in [0.15, 0.2) is 0 Å². The fourth-order valence-electron chi connectivity index (χ4n) is 3.93. The molecule has 6 heteroatoms. The maximum atomic E-state index is 12.8. The van der Waals surface area contributed by atoms with Crippen LogP contribution in [0.4, 0.5) is 0 Å². The van der Waals surface area contributed by atoms with E-state index in [1.165, 1.54) is 0 Å². The van der Waals surface area contributed by atoms with E-state index in [1.807, 2.05) is 29.3 Å². The molecule has 2 N–H and O–H groups in total. The van der Waals surface area contributed by atoms with Gasteiger partial charge in [0.25, 0.3) is 5.91 Å². The smallest absolute Gasteiger partial charge is 0.253 e. The van der Waals surface area contributed by atoms with Crippen LogP contribution < -0.4 is 4.74 Å². The van der Waals surface area contributed by atoms with Crippen LogP contribution in [0.5, 0.6) is 5.75 Å². The number of nitrogens with zero attached hydrogens (tertiary/aromatic N) is 2. The predicted molar refractivity (Wildman–Crippen MR) is 111 cm³/mol. The van der Waals surface area contributed by atoms with Crippen LogP contribution in [0.1, 0.15) is 40.4 Å². The highest BCUT2D eigenvalue weighted by Gasteiger charge is 2.27. The molecule has 1 amide bonds. The molecular weight excluding hydrogens is 366 g/mol. The number of H-pyrrole nitrogens is 1. The fourth-order valence-corrected chi connectivity index (χ4v) is 3.93. The number of aromatic amines is 1. The van der Waals surface area contributed by atoms with Crippen LogP contribution in [0.3, 0.4) is 0 Å². The van der Waals surface area contributed by atoms with Gasteiger partial charge >= 0.3 is 0 Å². The maximum Gasteiger partial charge on any atom is 0.253 e. The molecule has 29 heavy (non-hydrogen) atoms. The zero-order chi connectivity index (χ0) is 20.2. The Balaban J connectivity index is 1.45.